The Morgan fingerprint density at radius 2 is 1.20 bits per heavy atom. The Balaban J connectivity index is 3.48. The molecule has 0 bridgehead atoms. The lowest BCUT2D eigenvalue weighted by Gasteiger charge is -2.12. The van der Waals surface area contributed by atoms with E-state index in [1.54, 1.807) is 0 Å². The maximum absolute atomic E-state index is 11.7. The van der Waals surface area contributed by atoms with Gasteiger partial charge in [-0.1, -0.05) is 40.5 Å². The Kier molecular flexibility index (Phi) is 17.4. The molecule has 0 aromatic rings. The van der Waals surface area contributed by atoms with Gasteiger partial charge in [-0.2, -0.15) is 23.5 Å². The number of thioether (sulfide) groups is 2. The smallest absolute Gasteiger partial charge is 0.134 e. The Bertz CT molecular complexity index is 316. The summed E-state index contributed by atoms with van der Waals surface area (Å²) in [5, 5.41) is 0.771. The van der Waals surface area contributed by atoms with E-state index >= 15 is 0 Å². The zero-order valence-electron chi connectivity index (χ0n) is 16.7. The molecule has 0 aromatic heterocycles. The van der Waals surface area contributed by atoms with Gasteiger partial charge >= 0.3 is 0 Å². The van der Waals surface area contributed by atoms with Crippen LogP contribution < -0.4 is 0 Å². The van der Waals surface area contributed by atoms with Gasteiger partial charge in [0, 0.05) is 47.7 Å². The first-order chi connectivity index (χ1) is 12.0. The molecule has 0 rings (SSSR count). The van der Waals surface area contributed by atoms with Gasteiger partial charge in [-0.3, -0.25) is 9.59 Å². The normalized spacial score (nSPS) is 13.6. The zero-order chi connectivity index (χ0) is 18.9. The molecular formula is C20H38O3S2. The summed E-state index contributed by atoms with van der Waals surface area (Å²) in [5.41, 5.74) is 0. The number of hydrogen-bond acceptors (Lipinski definition) is 5. The van der Waals surface area contributed by atoms with Crippen molar-refractivity contribution in [3.63, 3.8) is 0 Å². The third-order valence-electron chi connectivity index (χ3n) is 3.91. The standard InChI is InChI=1S/C20H38O3S2/c1-5-7-9-19(21)15-17(3)24-13-11-23-12-14-25-18(4)16-20(22)10-8-6-2/h17-18H,5-16H2,1-4H3. The van der Waals surface area contributed by atoms with Crippen molar-refractivity contribution < 1.29 is 14.3 Å². The van der Waals surface area contributed by atoms with Gasteiger partial charge in [0.1, 0.15) is 11.6 Å². The van der Waals surface area contributed by atoms with Crippen LogP contribution in [0.15, 0.2) is 0 Å². The molecule has 0 N–H and O–H groups in total. The summed E-state index contributed by atoms with van der Waals surface area (Å²) in [5.74, 6) is 2.67. The maximum atomic E-state index is 11.7. The van der Waals surface area contributed by atoms with Gasteiger partial charge < -0.3 is 4.74 Å². The summed E-state index contributed by atoms with van der Waals surface area (Å²) in [6, 6.07) is 0. The van der Waals surface area contributed by atoms with Crippen molar-refractivity contribution in [1.82, 2.24) is 0 Å². The molecule has 0 spiro atoms. The fourth-order valence-electron chi connectivity index (χ4n) is 2.43. The molecule has 0 aliphatic carbocycles. The zero-order valence-corrected chi connectivity index (χ0v) is 18.3. The van der Waals surface area contributed by atoms with Gasteiger partial charge in [-0.25, -0.2) is 0 Å². The molecule has 0 fully saturated rings. The second-order valence-electron chi connectivity index (χ2n) is 6.67. The van der Waals surface area contributed by atoms with E-state index in [1.165, 1.54) is 0 Å². The Hall–Kier alpha value is -0.0000000000000000555. The van der Waals surface area contributed by atoms with E-state index in [2.05, 4.69) is 27.7 Å². The molecule has 0 heterocycles. The van der Waals surface area contributed by atoms with Crippen molar-refractivity contribution in [3.8, 4) is 0 Å². The van der Waals surface area contributed by atoms with Crippen LogP contribution in [-0.2, 0) is 14.3 Å². The van der Waals surface area contributed by atoms with Gasteiger partial charge in [0.05, 0.1) is 13.2 Å². The molecule has 25 heavy (non-hydrogen) atoms. The van der Waals surface area contributed by atoms with Crippen LogP contribution in [-0.4, -0.2) is 46.8 Å². The quantitative estimate of drug-likeness (QED) is 0.287. The highest BCUT2D eigenvalue weighted by Gasteiger charge is 2.10. The summed E-state index contributed by atoms with van der Waals surface area (Å²) in [6.45, 7) is 9.96. The highest BCUT2D eigenvalue weighted by molar-refractivity contribution is 8.00. The van der Waals surface area contributed by atoms with E-state index < -0.39 is 0 Å². The van der Waals surface area contributed by atoms with Gasteiger partial charge in [-0.05, 0) is 12.8 Å². The number of rotatable bonds is 18. The van der Waals surface area contributed by atoms with Crippen LogP contribution >= 0.6 is 23.5 Å². The van der Waals surface area contributed by atoms with Crippen LogP contribution in [0.5, 0.6) is 0 Å². The average molecular weight is 391 g/mol. The number of carbonyl (C=O) groups excluding carboxylic acids is 2. The van der Waals surface area contributed by atoms with Crippen LogP contribution in [0.4, 0.5) is 0 Å². The van der Waals surface area contributed by atoms with Gasteiger partial charge in [-0.15, -0.1) is 0 Å². The van der Waals surface area contributed by atoms with Crippen LogP contribution in [0.2, 0.25) is 0 Å². The SMILES string of the molecule is CCCCC(=O)CC(C)SCCOCCSC(C)CC(=O)CCCC. The second kappa shape index (κ2) is 17.4. The molecule has 0 saturated carbocycles. The van der Waals surface area contributed by atoms with Gasteiger partial charge in [0.2, 0.25) is 0 Å². The Labute approximate surface area is 163 Å². The lowest BCUT2D eigenvalue weighted by atomic mass is 10.1. The molecule has 2 atom stereocenters. The van der Waals surface area contributed by atoms with E-state index in [0.29, 0.717) is 34.9 Å². The maximum Gasteiger partial charge on any atom is 0.134 e. The van der Waals surface area contributed by atoms with Gasteiger partial charge in [0.25, 0.3) is 0 Å². The largest absolute Gasteiger partial charge is 0.380 e. The summed E-state index contributed by atoms with van der Waals surface area (Å²) < 4.78 is 5.66. The molecule has 5 heteroatoms. The minimum Gasteiger partial charge on any atom is -0.380 e. The summed E-state index contributed by atoms with van der Waals surface area (Å²) in [6.07, 6.45) is 7.03. The number of carbonyl (C=O) groups is 2. The van der Waals surface area contributed by atoms with Crippen LogP contribution in [0.3, 0.4) is 0 Å². The molecule has 0 aliphatic heterocycles. The fourth-order valence-corrected chi connectivity index (χ4v) is 4.27. The molecule has 148 valence electrons. The average Bonchev–Trinajstić information content (AvgIpc) is 2.57. The predicted octanol–water partition coefficient (Wildman–Crippen LogP) is 5.55. The molecule has 3 nitrogen and oxygen atoms in total. The molecular weight excluding hydrogens is 352 g/mol. The minimum absolute atomic E-state index is 0.386. The van der Waals surface area contributed by atoms with Crippen molar-refractivity contribution >= 4 is 35.1 Å². The second-order valence-corrected chi connectivity index (χ2v) is 9.76. The molecule has 0 saturated heterocycles. The Morgan fingerprint density at radius 3 is 1.56 bits per heavy atom. The van der Waals surface area contributed by atoms with Crippen molar-refractivity contribution in [1.29, 1.82) is 0 Å². The van der Waals surface area contributed by atoms with Crippen molar-refractivity contribution in [3.05, 3.63) is 0 Å². The summed E-state index contributed by atoms with van der Waals surface area (Å²) in [7, 11) is 0. The van der Waals surface area contributed by atoms with E-state index in [9.17, 15) is 9.59 Å². The fraction of sp³-hybridized carbons (Fsp3) is 0.900. The highest BCUT2D eigenvalue weighted by atomic mass is 32.2. The van der Waals surface area contributed by atoms with E-state index in [-0.39, 0.29) is 0 Å². The number of ether oxygens (including phenoxy) is 1. The molecule has 0 radical (unpaired) electrons. The van der Waals surface area contributed by atoms with Crippen molar-refractivity contribution in [2.24, 2.45) is 0 Å². The monoisotopic (exact) mass is 390 g/mol. The van der Waals surface area contributed by atoms with E-state index in [0.717, 1.165) is 63.2 Å². The Morgan fingerprint density at radius 1 is 0.800 bits per heavy atom. The molecule has 0 amide bonds. The predicted molar refractivity (Wildman–Crippen MR) is 113 cm³/mol. The molecule has 2 unspecified atom stereocenters. The first kappa shape index (κ1) is 25.0. The third-order valence-corrected chi connectivity index (χ3v) is 6.18. The summed E-state index contributed by atoms with van der Waals surface area (Å²) in [4.78, 5) is 23.4. The van der Waals surface area contributed by atoms with Crippen molar-refractivity contribution in [2.45, 2.75) is 89.6 Å². The van der Waals surface area contributed by atoms with Gasteiger partial charge in [0.15, 0.2) is 0 Å². The highest BCUT2D eigenvalue weighted by Crippen LogP contribution is 2.17. The number of hydrogen-bond donors (Lipinski definition) is 0. The first-order valence-corrected chi connectivity index (χ1v) is 11.9. The lowest BCUT2D eigenvalue weighted by Crippen LogP contribution is -2.11. The third kappa shape index (κ3) is 17.2. The van der Waals surface area contributed by atoms with E-state index in [1.807, 2.05) is 23.5 Å². The van der Waals surface area contributed by atoms with E-state index in [4.69, 9.17) is 4.74 Å². The number of ketones is 2. The topological polar surface area (TPSA) is 43.4 Å². The number of Topliss-reactive ketones (excluding diaryl/α,β-unsaturated/α-hetero) is 2. The summed E-state index contributed by atoms with van der Waals surface area (Å²) >= 11 is 3.64. The van der Waals surface area contributed by atoms with Crippen LogP contribution in [0, 0.1) is 0 Å². The van der Waals surface area contributed by atoms with Crippen molar-refractivity contribution in [2.75, 3.05) is 24.7 Å². The molecule has 0 aromatic carbocycles. The van der Waals surface area contributed by atoms with Crippen LogP contribution in [0.1, 0.15) is 79.1 Å². The van der Waals surface area contributed by atoms with Crippen LogP contribution in [0.25, 0.3) is 0 Å². The lowest BCUT2D eigenvalue weighted by molar-refractivity contribution is -0.119. The molecule has 0 aliphatic rings. The number of unbranched alkanes of at least 4 members (excludes halogenated alkanes) is 2. The first-order valence-electron chi connectivity index (χ1n) is 9.83. The minimum atomic E-state index is 0.386.